The Balaban J connectivity index is 2.17. The number of thiophene rings is 1. The van der Waals surface area contributed by atoms with Crippen molar-refractivity contribution in [3.05, 3.63) is 55.7 Å². The molecule has 2 aromatic rings. The van der Waals surface area contributed by atoms with Gasteiger partial charge in [-0.05, 0) is 40.5 Å². The highest BCUT2D eigenvalue weighted by atomic mass is 79.9. The normalized spacial score (nSPS) is 13.5. The van der Waals surface area contributed by atoms with E-state index >= 15 is 0 Å². The van der Waals surface area contributed by atoms with Crippen LogP contribution in [0.4, 0.5) is 13.2 Å². The lowest BCUT2D eigenvalue weighted by Crippen LogP contribution is -2.06. The molecule has 0 bridgehead atoms. The summed E-state index contributed by atoms with van der Waals surface area (Å²) in [6.07, 6.45) is -4.99. The van der Waals surface area contributed by atoms with Gasteiger partial charge in [0.15, 0.2) is 0 Å². The molecule has 0 aliphatic rings. The summed E-state index contributed by atoms with van der Waals surface area (Å²) in [5, 5.41) is 10.1. The van der Waals surface area contributed by atoms with E-state index in [9.17, 15) is 18.3 Å². The van der Waals surface area contributed by atoms with E-state index in [4.69, 9.17) is 0 Å². The van der Waals surface area contributed by atoms with Crippen molar-refractivity contribution in [2.24, 2.45) is 0 Å². The summed E-state index contributed by atoms with van der Waals surface area (Å²) in [7, 11) is 0. The van der Waals surface area contributed by atoms with Crippen LogP contribution in [0, 0.1) is 6.92 Å². The summed E-state index contributed by atoms with van der Waals surface area (Å²) in [5.74, 6) is 0. The lowest BCUT2D eigenvalue weighted by Gasteiger charge is -2.11. The number of alkyl halides is 3. The predicted octanol–water partition coefficient (Wildman–Crippen LogP) is 5.11. The van der Waals surface area contributed by atoms with Crippen LogP contribution in [-0.4, -0.2) is 5.11 Å². The summed E-state index contributed by atoms with van der Waals surface area (Å²) in [4.78, 5) is 1.77. The molecule has 0 spiro atoms. The zero-order valence-electron chi connectivity index (χ0n) is 10.5. The topological polar surface area (TPSA) is 20.2 Å². The Labute approximate surface area is 127 Å². The Morgan fingerprint density at radius 1 is 1.30 bits per heavy atom. The third-order valence-corrected chi connectivity index (χ3v) is 5.13. The van der Waals surface area contributed by atoms with Gasteiger partial charge in [-0.1, -0.05) is 18.2 Å². The molecule has 0 saturated carbocycles. The molecule has 1 heterocycles. The summed E-state index contributed by atoms with van der Waals surface area (Å²) in [6.45, 7) is 1.91. The smallest absolute Gasteiger partial charge is 0.387 e. The fourth-order valence-electron chi connectivity index (χ4n) is 1.84. The molecule has 1 unspecified atom stereocenters. The van der Waals surface area contributed by atoms with E-state index < -0.39 is 17.8 Å². The third-order valence-electron chi connectivity index (χ3n) is 2.89. The molecule has 0 saturated heterocycles. The largest absolute Gasteiger partial charge is 0.416 e. The molecule has 108 valence electrons. The maximum Gasteiger partial charge on any atom is 0.416 e. The fourth-order valence-corrected chi connectivity index (χ4v) is 3.39. The fraction of sp³-hybridized carbons (Fsp3) is 0.286. The Kier molecular flexibility index (Phi) is 4.56. The highest BCUT2D eigenvalue weighted by Gasteiger charge is 2.30. The minimum atomic E-state index is -4.36. The van der Waals surface area contributed by atoms with Crippen LogP contribution in [-0.2, 0) is 12.6 Å². The molecular weight excluding hydrogens is 353 g/mol. The van der Waals surface area contributed by atoms with E-state index in [2.05, 4.69) is 15.9 Å². The molecule has 1 atom stereocenters. The predicted molar refractivity (Wildman–Crippen MR) is 76.9 cm³/mol. The van der Waals surface area contributed by atoms with Crippen molar-refractivity contribution in [2.75, 3.05) is 0 Å². The molecule has 0 aliphatic heterocycles. The maximum atomic E-state index is 12.6. The molecule has 6 heteroatoms. The van der Waals surface area contributed by atoms with E-state index in [1.165, 1.54) is 17.4 Å². The lowest BCUT2D eigenvalue weighted by atomic mass is 10.0. The summed E-state index contributed by atoms with van der Waals surface area (Å²) < 4.78 is 38.8. The van der Waals surface area contributed by atoms with Crippen LogP contribution in [0.15, 0.2) is 34.8 Å². The van der Waals surface area contributed by atoms with Gasteiger partial charge in [-0.2, -0.15) is 13.2 Å². The Hall–Kier alpha value is -0.850. The molecule has 0 aliphatic carbocycles. The first-order valence-electron chi connectivity index (χ1n) is 5.87. The van der Waals surface area contributed by atoms with Crippen molar-refractivity contribution in [1.82, 2.24) is 0 Å². The Morgan fingerprint density at radius 2 is 2.00 bits per heavy atom. The van der Waals surface area contributed by atoms with E-state index in [0.29, 0.717) is 5.56 Å². The monoisotopic (exact) mass is 364 g/mol. The average Bonchev–Trinajstić information content (AvgIpc) is 2.69. The van der Waals surface area contributed by atoms with Crippen LogP contribution in [0.1, 0.15) is 27.0 Å². The van der Waals surface area contributed by atoms with Crippen molar-refractivity contribution >= 4 is 27.3 Å². The molecule has 0 radical (unpaired) electrons. The standard InChI is InChI=1S/C14H12BrF3OS/c1-8-11(15)7-13(20-8)12(19)6-9-3-2-4-10(5-9)14(16,17)18/h2-5,7,12,19H,6H2,1H3. The Bertz CT molecular complexity index is 587. The number of aliphatic hydroxyl groups is 1. The van der Waals surface area contributed by atoms with E-state index in [-0.39, 0.29) is 6.42 Å². The van der Waals surface area contributed by atoms with Gasteiger partial charge in [-0.3, -0.25) is 0 Å². The molecule has 0 fully saturated rings. The van der Waals surface area contributed by atoms with Crippen molar-refractivity contribution in [2.45, 2.75) is 25.6 Å². The van der Waals surface area contributed by atoms with Crippen molar-refractivity contribution < 1.29 is 18.3 Å². The van der Waals surface area contributed by atoms with E-state index in [1.807, 2.05) is 6.92 Å². The Morgan fingerprint density at radius 3 is 2.55 bits per heavy atom. The molecule has 1 N–H and O–H groups in total. The van der Waals surface area contributed by atoms with E-state index in [0.717, 1.165) is 26.4 Å². The molecular formula is C14H12BrF3OS. The van der Waals surface area contributed by atoms with Crippen molar-refractivity contribution in [3.8, 4) is 0 Å². The first-order valence-corrected chi connectivity index (χ1v) is 7.48. The zero-order chi connectivity index (χ0) is 14.9. The van der Waals surface area contributed by atoms with Gasteiger partial charge in [0.2, 0.25) is 0 Å². The number of hydrogen-bond acceptors (Lipinski definition) is 2. The molecule has 1 aromatic heterocycles. The molecule has 1 nitrogen and oxygen atoms in total. The molecule has 1 aromatic carbocycles. The lowest BCUT2D eigenvalue weighted by molar-refractivity contribution is -0.137. The summed E-state index contributed by atoms with van der Waals surface area (Å²) in [6, 6.07) is 6.87. The third kappa shape index (κ3) is 3.62. The number of hydrogen-bond donors (Lipinski definition) is 1. The second kappa shape index (κ2) is 5.87. The molecule has 0 amide bonds. The first kappa shape index (κ1) is 15.5. The van der Waals surface area contributed by atoms with Gasteiger partial charge in [0.25, 0.3) is 0 Å². The van der Waals surface area contributed by atoms with Crippen molar-refractivity contribution in [1.29, 1.82) is 0 Å². The van der Waals surface area contributed by atoms with Crippen molar-refractivity contribution in [3.63, 3.8) is 0 Å². The van der Waals surface area contributed by atoms with Crippen LogP contribution >= 0.6 is 27.3 Å². The number of halogens is 4. The minimum absolute atomic E-state index is 0.163. The van der Waals surface area contributed by atoms with Crippen LogP contribution in [0.3, 0.4) is 0 Å². The quantitative estimate of drug-likeness (QED) is 0.801. The number of rotatable bonds is 3. The summed E-state index contributed by atoms with van der Waals surface area (Å²) >= 11 is 4.79. The second-order valence-corrected chi connectivity index (χ2v) is 6.61. The number of aryl methyl sites for hydroxylation is 1. The second-order valence-electron chi connectivity index (χ2n) is 4.47. The van der Waals surface area contributed by atoms with Gasteiger partial charge in [0.1, 0.15) is 0 Å². The highest BCUT2D eigenvalue weighted by molar-refractivity contribution is 9.10. The van der Waals surface area contributed by atoms with E-state index in [1.54, 1.807) is 12.1 Å². The van der Waals surface area contributed by atoms with Gasteiger partial charge in [-0.15, -0.1) is 11.3 Å². The SMILES string of the molecule is Cc1sc(C(O)Cc2cccc(C(F)(F)F)c2)cc1Br. The van der Waals surface area contributed by atoms with Crippen LogP contribution in [0.2, 0.25) is 0 Å². The molecule has 2 rings (SSSR count). The van der Waals surface area contributed by atoms with Crippen LogP contribution < -0.4 is 0 Å². The van der Waals surface area contributed by atoms with Gasteiger partial charge >= 0.3 is 6.18 Å². The highest BCUT2D eigenvalue weighted by Crippen LogP contribution is 2.33. The van der Waals surface area contributed by atoms with Gasteiger partial charge in [0, 0.05) is 20.6 Å². The maximum absolute atomic E-state index is 12.6. The van der Waals surface area contributed by atoms with Gasteiger partial charge < -0.3 is 5.11 Å². The summed E-state index contributed by atoms with van der Waals surface area (Å²) in [5.41, 5.74) is -0.222. The minimum Gasteiger partial charge on any atom is -0.387 e. The van der Waals surface area contributed by atoms with Crippen LogP contribution in [0.5, 0.6) is 0 Å². The zero-order valence-corrected chi connectivity index (χ0v) is 12.9. The van der Waals surface area contributed by atoms with Gasteiger partial charge in [-0.25, -0.2) is 0 Å². The number of benzene rings is 1. The average molecular weight is 365 g/mol. The van der Waals surface area contributed by atoms with Crippen LogP contribution in [0.25, 0.3) is 0 Å². The first-order chi connectivity index (χ1) is 9.27. The van der Waals surface area contributed by atoms with Gasteiger partial charge in [0.05, 0.1) is 11.7 Å². The number of aliphatic hydroxyl groups excluding tert-OH is 1. The molecule has 20 heavy (non-hydrogen) atoms.